The van der Waals surface area contributed by atoms with Gasteiger partial charge in [-0.25, -0.2) is 4.98 Å². The van der Waals surface area contributed by atoms with Crippen molar-refractivity contribution in [2.24, 2.45) is 5.92 Å². The summed E-state index contributed by atoms with van der Waals surface area (Å²) in [5.74, 6) is 1.26. The molecule has 1 aliphatic heterocycles. The highest BCUT2D eigenvalue weighted by atomic mass is 16.5. The predicted molar refractivity (Wildman–Crippen MR) is 59.9 cm³/mol. The zero-order valence-corrected chi connectivity index (χ0v) is 9.10. The molecule has 86 valence electrons. The SMILES string of the molecule is Nc1ncc(C2CC2)cc1C(O)C1COC1. The smallest absolute Gasteiger partial charge is 0.129 e. The van der Waals surface area contributed by atoms with Gasteiger partial charge in [0.25, 0.3) is 0 Å². The van der Waals surface area contributed by atoms with Crippen molar-refractivity contribution in [2.75, 3.05) is 18.9 Å². The van der Waals surface area contributed by atoms with Crippen molar-refractivity contribution in [3.05, 3.63) is 23.4 Å². The van der Waals surface area contributed by atoms with Gasteiger partial charge in [-0.15, -0.1) is 0 Å². The maximum absolute atomic E-state index is 10.1. The topological polar surface area (TPSA) is 68.4 Å². The maximum Gasteiger partial charge on any atom is 0.129 e. The largest absolute Gasteiger partial charge is 0.388 e. The van der Waals surface area contributed by atoms with Crippen molar-refractivity contribution in [1.29, 1.82) is 0 Å². The quantitative estimate of drug-likeness (QED) is 0.803. The fourth-order valence-corrected chi connectivity index (χ4v) is 2.08. The highest BCUT2D eigenvalue weighted by molar-refractivity contribution is 5.44. The van der Waals surface area contributed by atoms with Crippen molar-refractivity contribution in [3.63, 3.8) is 0 Å². The third-order valence-corrected chi connectivity index (χ3v) is 3.45. The van der Waals surface area contributed by atoms with Crippen molar-refractivity contribution in [1.82, 2.24) is 4.98 Å². The Labute approximate surface area is 94.4 Å². The molecular formula is C12H16N2O2. The van der Waals surface area contributed by atoms with Gasteiger partial charge in [-0.1, -0.05) is 0 Å². The lowest BCUT2D eigenvalue weighted by Gasteiger charge is -2.31. The summed E-state index contributed by atoms with van der Waals surface area (Å²) in [6.45, 7) is 1.24. The van der Waals surface area contributed by atoms with Gasteiger partial charge in [-0.3, -0.25) is 0 Å². The first-order valence-corrected chi connectivity index (χ1v) is 5.77. The number of hydrogen-bond acceptors (Lipinski definition) is 4. The number of ether oxygens (including phenoxy) is 1. The molecule has 3 rings (SSSR count). The van der Waals surface area contributed by atoms with Crippen LogP contribution in [0.2, 0.25) is 0 Å². The number of rotatable bonds is 3. The van der Waals surface area contributed by atoms with Crippen LogP contribution in [0, 0.1) is 5.92 Å². The van der Waals surface area contributed by atoms with E-state index in [2.05, 4.69) is 4.98 Å². The van der Waals surface area contributed by atoms with Crippen LogP contribution in [0.5, 0.6) is 0 Å². The Balaban J connectivity index is 1.88. The summed E-state index contributed by atoms with van der Waals surface area (Å²) in [4.78, 5) is 4.18. The first-order valence-electron chi connectivity index (χ1n) is 5.77. The van der Waals surface area contributed by atoms with Gasteiger partial charge in [0.15, 0.2) is 0 Å². The molecular weight excluding hydrogens is 204 g/mol. The molecule has 0 radical (unpaired) electrons. The van der Waals surface area contributed by atoms with Crippen molar-refractivity contribution >= 4 is 5.82 Å². The summed E-state index contributed by atoms with van der Waals surface area (Å²) in [5, 5.41) is 10.1. The molecule has 1 atom stereocenters. The Morgan fingerprint density at radius 2 is 2.19 bits per heavy atom. The molecule has 1 aromatic heterocycles. The third-order valence-electron chi connectivity index (χ3n) is 3.45. The van der Waals surface area contributed by atoms with Crippen molar-refractivity contribution < 1.29 is 9.84 Å². The van der Waals surface area contributed by atoms with E-state index in [9.17, 15) is 5.11 Å². The van der Waals surface area contributed by atoms with Crippen LogP contribution >= 0.6 is 0 Å². The lowest BCUT2D eigenvalue weighted by Crippen LogP contribution is -2.33. The highest BCUT2D eigenvalue weighted by Gasteiger charge is 2.31. The molecule has 0 bridgehead atoms. The van der Waals surface area contributed by atoms with Gasteiger partial charge in [0.1, 0.15) is 5.82 Å². The van der Waals surface area contributed by atoms with E-state index in [1.807, 2.05) is 12.3 Å². The van der Waals surface area contributed by atoms with Gasteiger partial charge in [0.05, 0.1) is 19.3 Å². The number of pyridine rings is 1. The number of aromatic nitrogens is 1. The number of hydrogen-bond donors (Lipinski definition) is 2. The van der Waals surface area contributed by atoms with Crippen LogP contribution in [0.25, 0.3) is 0 Å². The number of aliphatic hydroxyl groups excluding tert-OH is 1. The standard InChI is InChI=1S/C12H16N2O2/c13-12-10(11(15)9-5-16-6-9)3-8(4-14-12)7-1-2-7/h3-4,7,9,11,15H,1-2,5-6H2,(H2,13,14). The van der Waals surface area contributed by atoms with Crippen molar-refractivity contribution in [2.45, 2.75) is 24.9 Å². The second kappa shape index (κ2) is 3.71. The molecule has 2 aliphatic rings. The average Bonchev–Trinajstić information content (AvgIpc) is 2.99. The minimum Gasteiger partial charge on any atom is -0.388 e. The van der Waals surface area contributed by atoms with E-state index < -0.39 is 6.10 Å². The normalized spacial score (nSPS) is 22.8. The third kappa shape index (κ3) is 1.68. The van der Waals surface area contributed by atoms with E-state index in [1.54, 1.807) is 0 Å². The second-order valence-corrected chi connectivity index (χ2v) is 4.76. The van der Waals surface area contributed by atoms with Gasteiger partial charge in [0, 0.05) is 17.7 Å². The van der Waals surface area contributed by atoms with Gasteiger partial charge in [-0.2, -0.15) is 0 Å². The van der Waals surface area contributed by atoms with E-state index in [0.29, 0.717) is 24.9 Å². The minimum absolute atomic E-state index is 0.179. The van der Waals surface area contributed by atoms with Crippen LogP contribution in [0.15, 0.2) is 12.3 Å². The molecule has 1 aliphatic carbocycles. The van der Waals surface area contributed by atoms with Crippen LogP contribution in [-0.4, -0.2) is 23.3 Å². The van der Waals surface area contributed by atoms with Gasteiger partial charge in [0.2, 0.25) is 0 Å². The number of aliphatic hydroxyl groups is 1. The first kappa shape index (κ1) is 10.1. The summed E-state index contributed by atoms with van der Waals surface area (Å²) < 4.78 is 5.09. The maximum atomic E-state index is 10.1. The molecule has 1 unspecified atom stereocenters. The lowest BCUT2D eigenvalue weighted by molar-refractivity contribution is -0.0922. The summed E-state index contributed by atoms with van der Waals surface area (Å²) in [6.07, 6.45) is 3.77. The van der Waals surface area contributed by atoms with Gasteiger partial charge < -0.3 is 15.6 Å². The summed E-state index contributed by atoms with van der Waals surface area (Å²) in [7, 11) is 0. The first-order chi connectivity index (χ1) is 7.75. The molecule has 3 N–H and O–H groups in total. The van der Waals surface area contributed by atoms with E-state index in [1.165, 1.54) is 18.4 Å². The van der Waals surface area contributed by atoms with Crippen LogP contribution in [-0.2, 0) is 4.74 Å². The Bertz CT molecular complexity index is 400. The van der Waals surface area contributed by atoms with Crippen LogP contribution < -0.4 is 5.73 Å². The molecule has 1 saturated heterocycles. The van der Waals surface area contributed by atoms with E-state index >= 15 is 0 Å². The fraction of sp³-hybridized carbons (Fsp3) is 0.583. The van der Waals surface area contributed by atoms with Crippen LogP contribution in [0.1, 0.15) is 36.0 Å². The Kier molecular flexibility index (Phi) is 2.33. The number of nitrogen functional groups attached to an aromatic ring is 1. The van der Waals surface area contributed by atoms with Gasteiger partial charge >= 0.3 is 0 Å². The second-order valence-electron chi connectivity index (χ2n) is 4.76. The van der Waals surface area contributed by atoms with Crippen LogP contribution in [0.3, 0.4) is 0 Å². The Hall–Kier alpha value is -1.13. The lowest BCUT2D eigenvalue weighted by atomic mass is 9.93. The number of anilines is 1. The van der Waals surface area contributed by atoms with Crippen LogP contribution in [0.4, 0.5) is 5.82 Å². The molecule has 4 heteroatoms. The average molecular weight is 220 g/mol. The minimum atomic E-state index is -0.528. The Morgan fingerprint density at radius 1 is 1.44 bits per heavy atom. The summed E-state index contributed by atoms with van der Waals surface area (Å²) in [6, 6.07) is 2.02. The van der Waals surface area contributed by atoms with Crippen molar-refractivity contribution in [3.8, 4) is 0 Å². The molecule has 16 heavy (non-hydrogen) atoms. The molecule has 0 amide bonds. The highest BCUT2D eigenvalue weighted by Crippen LogP contribution is 2.41. The molecule has 2 heterocycles. The number of nitrogens with zero attached hydrogens (tertiary/aromatic N) is 1. The zero-order valence-electron chi connectivity index (χ0n) is 9.10. The molecule has 1 aromatic rings. The summed E-state index contributed by atoms with van der Waals surface area (Å²) in [5.41, 5.74) is 7.80. The van der Waals surface area contributed by atoms with E-state index in [4.69, 9.17) is 10.5 Å². The Morgan fingerprint density at radius 3 is 2.75 bits per heavy atom. The monoisotopic (exact) mass is 220 g/mol. The van der Waals surface area contributed by atoms with Gasteiger partial charge in [-0.05, 0) is 30.4 Å². The molecule has 1 saturated carbocycles. The molecule has 2 fully saturated rings. The number of nitrogens with two attached hydrogens (primary N) is 1. The molecule has 4 nitrogen and oxygen atoms in total. The summed E-state index contributed by atoms with van der Waals surface area (Å²) >= 11 is 0. The predicted octanol–water partition coefficient (Wildman–Crippen LogP) is 1.22. The zero-order chi connectivity index (χ0) is 11.1. The fourth-order valence-electron chi connectivity index (χ4n) is 2.08. The molecule has 0 spiro atoms. The van der Waals surface area contributed by atoms with E-state index in [-0.39, 0.29) is 5.92 Å². The van der Waals surface area contributed by atoms with E-state index in [0.717, 1.165) is 5.56 Å². The molecule has 0 aromatic carbocycles.